The summed E-state index contributed by atoms with van der Waals surface area (Å²) in [6.07, 6.45) is 3.28. The lowest BCUT2D eigenvalue weighted by Crippen LogP contribution is -2.24. The first kappa shape index (κ1) is 21.8. The molecule has 0 radical (unpaired) electrons. The molecule has 0 spiro atoms. The second-order valence-electron chi connectivity index (χ2n) is 6.20. The topological polar surface area (TPSA) is 87.5 Å². The van der Waals surface area contributed by atoms with Crippen LogP contribution in [0, 0.1) is 0 Å². The highest BCUT2D eigenvalue weighted by atomic mass is 16.7. The average Bonchev–Trinajstić information content (AvgIpc) is 3.16. The van der Waals surface area contributed by atoms with E-state index in [4.69, 9.17) is 14.2 Å². The fraction of sp³-hybridized carbons (Fsp3) is 0.550. The number of hydrogen-bond acceptors (Lipinski definition) is 6. The van der Waals surface area contributed by atoms with E-state index in [0.717, 1.165) is 24.2 Å². The Labute approximate surface area is 166 Å². The highest BCUT2D eigenvalue weighted by molar-refractivity contribution is 5.91. The van der Waals surface area contributed by atoms with Gasteiger partial charge in [0.15, 0.2) is 12.0 Å². The fourth-order valence-corrected chi connectivity index (χ4v) is 2.52. The highest BCUT2D eigenvalue weighted by Gasteiger charge is 2.14. The van der Waals surface area contributed by atoms with E-state index in [2.05, 4.69) is 22.6 Å². The maximum absolute atomic E-state index is 12.3. The van der Waals surface area contributed by atoms with Gasteiger partial charge in [-0.2, -0.15) is 0 Å². The number of ether oxygens (including phenoxy) is 3. The minimum atomic E-state index is -0.414. The van der Waals surface area contributed by atoms with Crippen molar-refractivity contribution >= 4 is 5.91 Å². The number of nitrogens with zero attached hydrogens (tertiary/aromatic N) is 3. The zero-order valence-corrected chi connectivity index (χ0v) is 16.9. The van der Waals surface area contributed by atoms with Gasteiger partial charge in [0.2, 0.25) is 0 Å². The van der Waals surface area contributed by atoms with Crippen molar-refractivity contribution in [1.82, 2.24) is 20.3 Å². The molecular weight excluding hydrogens is 360 g/mol. The number of amides is 1. The van der Waals surface area contributed by atoms with Crippen LogP contribution in [0.15, 0.2) is 30.5 Å². The van der Waals surface area contributed by atoms with E-state index in [1.165, 1.54) is 0 Å². The maximum atomic E-state index is 12.3. The van der Waals surface area contributed by atoms with Crippen LogP contribution in [-0.4, -0.2) is 47.0 Å². The summed E-state index contributed by atoms with van der Waals surface area (Å²) in [5.74, 6) is 0.525. The van der Waals surface area contributed by atoms with Gasteiger partial charge in [-0.15, -0.1) is 5.10 Å². The fourth-order valence-electron chi connectivity index (χ4n) is 2.52. The predicted octanol–water partition coefficient (Wildman–Crippen LogP) is 2.79. The number of unbranched alkanes of at least 4 members (excludes halogenated alkanes) is 1. The number of carbonyl (C=O) groups excluding carboxylic acids is 1. The quantitative estimate of drug-likeness (QED) is 0.418. The van der Waals surface area contributed by atoms with Gasteiger partial charge in [0.25, 0.3) is 5.91 Å². The van der Waals surface area contributed by atoms with Crippen molar-refractivity contribution in [2.75, 3.05) is 19.8 Å². The summed E-state index contributed by atoms with van der Waals surface area (Å²) in [6, 6.07) is 7.71. The average molecular weight is 390 g/mol. The molecule has 0 aliphatic rings. The van der Waals surface area contributed by atoms with Crippen molar-refractivity contribution in [3.8, 4) is 5.75 Å². The zero-order valence-electron chi connectivity index (χ0n) is 16.9. The van der Waals surface area contributed by atoms with Crippen molar-refractivity contribution in [3.63, 3.8) is 0 Å². The number of rotatable bonds is 13. The molecule has 154 valence electrons. The van der Waals surface area contributed by atoms with Crippen LogP contribution in [-0.2, 0) is 22.6 Å². The van der Waals surface area contributed by atoms with E-state index in [1.54, 1.807) is 10.9 Å². The summed E-state index contributed by atoms with van der Waals surface area (Å²) < 4.78 is 18.2. The Kier molecular flexibility index (Phi) is 9.44. The van der Waals surface area contributed by atoms with Gasteiger partial charge in [0.05, 0.1) is 19.3 Å². The molecule has 1 N–H and O–H groups in total. The Morgan fingerprint density at radius 2 is 2.00 bits per heavy atom. The van der Waals surface area contributed by atoms with Gasteiger partial charge < -0.3 is 19.5 Å². The summed E-state index contributed by atoms with van der Waals surface area (Å²) >= 11 is 0. The first-order valence-electron chi connectivity index (χ1n) is 9.79. The molecule has 0 atom stereocenters. The molecule has 0 aliphatic carbocycles. The van der Waals surface area contributed by atoms with Crippen LogP contribution in [0.2, 0.25) is 0 Å². The molecule has 2 aromatic rings. The molecule has 0 fully saturated rings. The first-order chi connectivity index (χ1) is 13.7. The van der Waals surface area contributed by atoms with Crippen LogP contribution in [0.4, 0.5) is 0 Å². The summed E-state index contributed by atoms with van der Waals surface area (Å²) in [5.41, 5.74) is 1.21. The van der Waals surface area contributed by atoms with Crippen LogP contribution in [0.25, 0.3) is 0 Å². The van der Waals surface area contributed by atoms with Crippen LogP contribution in [0.3, 0.4) is 0 Å². The Balaban J connectivity index is 1.86. The molecule has 8 nitrogen and oxygen atoms in total. The molecule has 1 aromatic heterocycles. The monoisotopic (exact) mass is 390 g/mol. The summed E-state index contributed by atoms with van der Waals surface area (Å²) in [7, 11) is 0. The van der Waals surface area contributed by atoms with E-state index >= 15 is 0 Å². The Morgan fingerprint density at radius 3 is 2.71 bits per heavy atom. The van der Waals surface area contributed by atoms with Crippen molar-refractivity contribution in [2.24, 2.45) is 0 Å². The van der Waals surface area contributed by atoms with Gasteiger partial charge in [0, 0.05) is 19.8 Å². The third-order valence-electron chi connectivity index (χ3n) is 3.93. The minimum absolute atomic E-state index is 0.252. The van der Waals surface area contributed by atoms with E-state index in [9.17, 15) is 4.79 Å². The number of carbonyl (C=O) groups is 1. The molecule has 1 aromatic carbocycles. The number of aromatic nitrogens is 3. The molecule has 8 heteroatoms. The van der Waals surface area contributed by atoms with Crippen molar-refractivity contribution in [3.05, 3.63) is 41.7 Å². The van der Waals surface area contributed by atoms with E-state index in [0.29, 0.717) is 32.9 Å². The number of hydrogen-bond donors (Lipinski definition) is 1. The lowest BCUT2D eigenvalue weighted by Gasteiger charge is -2.16. The van der Waals surface area contributed by atoms with Crippen molar-refractivity contribution in [2.45, 2.75) is 53.0 Å². The minimum Gasteiger partial charge on any atom is -0.494 e. The Bertz CT molecular complexity index is 714. The lowest BCUT2D eigenvalue weighted by molar-refractivity contribution is -0.145. The highest BCUT2D eigenvalue weighted by Crippen LogP contribution is 2.14. The van der Waals surface area contributed by atoms with Crippen LogP contribution in [0.1, 0.15) is 49.7 Å². The lowest BCUT2D eigenvalue weighted by atomic mass is 10.2. The SMILES string of the molecule is CCCCOc1cccc(CNC(=O)c2cn(CC(OCC)OCC)nn2)c1. The summed E-state index contributed by atoms with van der Waals surface area (Å²) in [5, 5.41) is 10.8. The Hall–Kier alpha value is -2.45. The second kappa shape index (κ2) is 12.1. The van der Waals surface area contributed by atoms with Crippen LogP contribution >= 0.6 is 0 Å². The summed E-state index contributed by atoms with van der Waals surface area (Å²) in [6.45, 7) is 8.45. The van der Waals surface area contributed by atoms with Gasteiger partial charge >= 0.3 is 0 Å². The molecule has 0 bridgehead atoms. The normalized spacial score (nSPS) is 11.0. The van der Waals surface area contributed by atoms with E-state index in [1.807, 2.05) is 38.1 Å². The molecule has 0 unspecified atom stereocenters. The van der Waals surface area contributed by atoms with Gasteiger partial charge in [-0.3, -0.25) is 4.79 Å². The van der Waals surface area contributed by atoms with Crippen molar-refractivity contribution < 1.29 is 19.0 Å². The standard InChI is InChI=1S/C20H30N4O4/c1-4-7-11-28-17-10-8-9-16(12-17)13-21-20(25)18-14-24(23-22-18)15-19(26-5-2)27-6-3/h8-10,12,14,19H,4-7,11,13,15H2,1-3H3,(H,21,25). The smallest absolute Gasteiger partial charge is 0.273 e. The van der Waals surface area contributed by atoms with E-state index < -0.39 is 6.29 Å². The molecule has 2 rings (SSSR count). The van der Waals surface area contributed by atoms with Gasteiger partial charge in [-0.25, -0.2) is 4.68 Å². The molecule has 28 heavy (non-hydrogen) atoms. The molecule has 0 saturated heterocycles. The molecule has 0 aliphatic heterocycles. The first-order valence-corrected chi connectivity index (χ1v) is 9.79. The third kappa shape index (κ3) is 7.28. The number of benzene rings is 1. The molecule has 1 amide bonds. The second-order valence-corrected chi connectivity index (χ2v) is 6.20. The van der Waals surface area contributed by atoms with Gasteiger partial charge in [-0.05, 0) is 38.0 Å². The maximum Gasteiger partial charge on any atom is 0.273 e. The molecule has 0 saturated carbocycles. The number of nitrogens with one attached hydrogen (secondary N) is 1. The predicted molar refractivity (Wildman–Crippen MR) is 105 cm³/mol. The molecule has 1 heterocycles. The molecular formula is C20H30N4O4. The third-order valence-corrected chi connectivity index (χ3v) is 3.93. The van der Waals surface area contributed by atoms with E-state index in [-0.39, 0.29) is 11.6 Å². The van der Waals surface area contributed by atoms with Crippen molar-refractivity contribution in [1.29, 1.82) is 0 Å². The van der Waals surface area contributed by atoms with Crippen LogP contribution < -0.4 is 10.1 Å². The summed E-state index contributed by atoms with van der Waals surface area (Å²) in [4.78, 5) is 12.3. The van der Waals surface area contributed by atoms with Crippen LogP contribution in [0.5, 0.6) is 5.75 Å². The largest absolute Gasteiger partial charge is 0.494 e. The Morgan fingerprint density at radius 1 is 1.21 bits per heavy atom. The zero-order chi connectivity index (χ0) is 20.2. The van der Waals surface area contributed by atoms with Gasteiger partial charge in [0.1, 0.15) is 5.75 Å². The van der Waals surface area contributed by atoms with Gasteiger partial charge in [-0.1, -0.05) is 30.7 Å².